The molecule has 2 aromatic rings. The van der Waals surface area contributed by atoms with Crippen LogP contribution in [-0.4, -0.2) is 59.9 Å². The van der Waals surface area contributed by atoms with Gasteiger partial charge in [0.1, 0.15) is 11.3 Å². The predicted molar refractivity (Wildman–Crippen MR) is 132 cm³/mol. The second-order valence-electron chi connectivity index (χ2n) is 9.12. The van der Waals surface area contributed by atoms with Crippen molar-refractivity contribution in [3.05, 3.63) is 52.2 Å². The molecule has 4 amide bonds. The van der Waals surface area contributed by atoms with Crippen molar-refractivity contribution in [1.82, 2.24) is 15.1 Å². The molecule has 1 aromatic carbocycles. The molecule has 1 atom stereocenters. The Balaban J connectivity index is 1.38. The lowest BCUT2D eigenvalue weighted by atomic mass is 9.74. The van der Waals surface area contributed by atoms with Crippen LogP contribution in [0.15, 0.2) is 41.8 Å². The normalized spacial score (nSPS) is 21.1. The number of hydrogen-bond donors (Lipinski definition) is 1. The van der Waals surface area contributed by atoms with Gasteiger partial charge in [-0.2, -0.15) is 0 Å². The van der Waals surface area contributed by atoms with Crippen molar-refractivity contribution in [2.24, 2.45) is 5.92 Å². The maximum Gasteiger partial charge on any atom is 0.325 e. The molecule has 4 rings (SSSR count). The maximum atomic E-state index is 13.6. The number of nitrogens with zero attached hydrogens (tertiary/aromatic N) is 2. The molecule has 8 heteroatoms. The van der Waals surface area contributed by atoms with Crippen LogP contribution in [0.25, 0.3) is 0 Å². The predicted octanol–water partition coefficient (Wildman–Crippen LogP) is 3.87. The number of piperidine rings is 1. The van der Waals surface area contributed by atoms with Gasteiger partial charge in [0.2, 0.25) is 5.91 Å². The van der Waals surface area contributed by atoms with Crippen molar-refractivity contribution >= 4 is 29.2 Å². The number of carbonyl (C=O) groups excluding carboxylic acids is 3. The Hall–Kier alpha value is -2.87. The van der Waals surface area contributed by atoms with Crippen molar-refractivity contribution < 1.29 is 19.1 Å². The van der Waals surface area contributed by atoms with Gasteiger partial charge in [0.15, 0.2) is 0 Å². The van der Waals surface area contributed by atoms with Gasteiger partial charge >= 0.3 is 6.03 Å². The van der Waals surface area contributed by atoms with Crippen molar-refractivity contribution in [1.29, 1.82) is 0 Å². The zero-order valence-electron chi connectivity index (χ0n) is 19.9. The third kappa shape index (κ3) is 4.97. The zero-order valence-corrected chi connectivity index (χ0v) is 20.7. The van der Waals surface area contributed by atoms with E-state index in [-0.39, 0.29) is 23.8 Å². The molecule has 0 radical (unpaired) electrons. The molecule has 1 N–H and O–H groups in total. The van der Waals surface area contributed by atoms with Crippen LogP contribution in [0.5, 0.6) is 5.75 Å². The average molecular weight is 484 g/mol. The molecule has 2 aliphatic rings. The molecule has 1 aromatic heterocycles. The summed E-state index contributed by atoms with van der Waals surface area (Å²) in [5.41, 5.74) is 0.0989. The van der Waals surface area contributed by atoms with E-state index in [1.165, 1.54) is 4.90 Å². The summed E-state index contributed by atoms with van der Waals surface area (Å²) in [6.07, 6.45) is 3.87. The number of likely N-dealkylation sites (tertiary alicyclic amines) is 1. The fraction of sp³-hybridized carbons (Fsp3) is 0.500. The number of nitrogens with one attached hydrogen (secondary N) is 1. The first-order valence-corrected chi connectivity index (χ1v) is 12.9. The Kier molecular flexibility index (Phi) is 7.56. The molecule has 34 heavy (non-hydrogen) atoms. The van der Waals surface area contributed by atoms with Crippen molar-refractivity contribution in [2.75, 3.05) is 26.7 Å². The Morgan fingerprint density at radius 3 is 2.53 bits per heavy atom. The Bertz CT molecular complexity index is 1000. The zero-order chi connectivity index (χ0) is 24.1. The number of carbonyl (C=O) groups is 3. The third-order valence-corrected chi connectivity index (χ3v) is 8.00. The molecular formula is C26H33N3O4S. The Labute approximate surface area is 205 Å². The van der Waals surface area contributed by atoms with Gasteiger partial charge < -0.3 is 15.0 Å². The number of rotatable bonds is 9. The highest BCUT2D eigenvalue weighted by molar-refractivity contribution is 7.09. The van der Waals surface area contributed by atoms with Gasteiger partial charge in [-0.1, -0.05) is 31.5 Å². The summed E-state index contributed by atoms with van der Waals surface area (Å²) in [5, 5.41) is 5.09. The highest BCUT2D eigenvalue weighted by atomic mass is 32.1. The second kappa shape index (κ2) is 10.6. The van der Waals surface area contributed by atoms with Crippen LogP contribution in [0.2, 0.25) is 0 Å². The first kappa shape index (κ1) is 24.3. The molecule has 0 spiro atoms. The van der Waals surface area contributed by atoms with Crippen molar-refractivity contribution in [2.45, 2.75) is 51.0 Å². The van der Waals surface area contributed by atoms with Gasteiger partial charge in [0.25, 0.3) is 5.91 Å². The second-order valence-corrected chi connectivity index (χ2v) is 10.1. The molecular weight excluding hydrogens is 450 g/mol. The summed E-state index contributed by atoms with van der Waals surface area (Å²) < 4.78 is 5.18. The fourth-order valence-corrected chi connectivity index (χ4v) is 5.92. The Morgan fingerprint density at radius 2 is 1.91 bits per heavy atom. The summed E-state index contributed by atoms with van der Waals surface area (Å²) in [4.78, 5) is 43.7. The van der Waals surface area contributed by atoms with Crippen LogP contribution in [0, 0.1) is 5.92 Å². The summed E-state index contributed by atoms with van der Waals surface area (Å²) >= 11 is 1.64. The van der Waals surface area contributed by atoms with E-state index < -0.39 is 5.54 Å². The fourth-order valence-electron chi connectivity index (χ4n) is 5.22. The van der Waals surface area contributed by atoms with Crippen LogP contribution < -0.4 is 10.1 Å². The number of urea groups is 1. The van der Waals surface area contributed by atoms with Crippen LogP contribution in [0.4, 0.5) is 4.79 Å². The van der Waals surface area contributed by atoms with E-state index in [1.807, 2.05) is 53.6 Å². The minimum atomic E-state index is -0.855. The van der Waals surface area contributed by atoms with E-state index in [4.69, 9.17) is 4.74 Å². The molecule has 182 valence electrons. The lowest BCUT2D eigenvalue weighted by Gasteiger charge is -2.41. The van der Waals surface area contributed by atoms with E-state index in [0.29, 0.717) is 51.7 Å². The molecule has 2 saturated heterocycles. The summed E-state index contributed by atoms with van der Waals surface area (Å²) in [6.45, 7) is 3.64. The quantitative estimate of drug-likeness (QED) is 0.549. The van der Waals surface area contributed by atoms with Gasteiger partial charge in [-0.25, -0.2) is 4.79 Å². The van der Waals surface area contributed by atoms with Crippen LogP contribution >= 0.6 is 11.3 Å². The number of imide groups is 1. The van der Waals surface area contributed by atoms with Gasteiger partial charge in [0.05, 0.1) is 13.5 Å². The van der Waals surface area contributed by atoms with Crippen LogP contribution in [-0.2, 0) is 22.4 Å². The molecule has 0 unspecified atom stereocenters. The topological polar surface area (TPSA) is 79.0 Å². The molecule has 2 fully saturated rings. The van der Waals surface area contributed by atoms with Crippen molar-refractivity contribution in [3.63, 3.8) is 0 Å². The number of methoxy groups -OCH3 is 1. The maximum absolute atomic E-state index is 13.6. The smallest absolute Gasteiger partial charge is 0.325 e. The Morgan fingerprint density at radius 1 is 1.18 bits per heavy atom. The standard InChI is InChI=1S/C26H33N3O4S/c1-3-13-26(24(31)29(25(32)27-26)16-12-22-5-4-17-34-22)20-10-14-28(15-11-20)23(30)18-19-6-8-21(33-2)9-7-19/h4-9,17,20H,3,10-16,18H2,1-2H3,(H,27,32)/t26-/m1/s1. The summed E-state index contributed by atoms with van der Waals surface area (Å²) in [5.74, 6) is 0.790. The monoisotopic (exact) mass is 483 g/mol. The van der Waals surface area contributed by atoms with Gasteiger partial charge in [-0.3, -0.25) is 14.5 Å². The van der Waals surface area contributed by atoms with E-state index in [0.717, 1.165) is 22.6 Å². The van der Waals surface area contributed by atoms with E-state index in [1.54, 1.807) is 18.4 Å². The number of hydrogen-bond acceptors (Lipinski definition) is 5. The molecule has 0 bridgehead atoms. The van der Waals surface area contributed by atoms with Gasteiger partial charge in [0, 0.05) is 24.5 Å². The van der Waals surface area contributed by atoms with Gasteiger partial charge in [-0.15, -0.1) is 11.3 Å². The third-order valence-electron chi connectivity index (χ3n) is 7.07. The molecule has 7 nitrogen and oxygen atoms in total. The highest BCUT2D eigenvalue weighted by Gasteiger charge is 2.55. The molecule has 3 heterocycles. The lowest BCUT2D eigenvalue weighted by molar-refractivity contribution is -0.136. The highest BCUT2D eigenvalue weighted by Crippen LogP contribution is 2.37. The minimum absolute atomic E-state index is 0.0284. The average Bonchev–Trinajstić information content (AvgIpc) is 3.45. The van der Waals surface area contributed by atoms with Crippen molar-refractivity contribution in [3.8, 4) is 5.75 Å². The minimum Gasteiger partial charge on any atom is -0.497 e. The largest absolute Gasteiger partial charge is 0.497 e. The molecule has 0 saturated carbocycles. The van der Waals surface area contributed by atoms with Crippen LogP contribution in [0.1, 0.15) is 43.0 Å². The molecule has 2 aliphatic heterocycles. The van der Waals surface area contributed by atoms with E-state index in [2.05, 4.69) is 5.32 Å². The number of ether oxygens (including phenoxy) is 1. The van der Waals surface area contributed by atoms with Gasteiger partial charge in [-0.05, 0) is 60.7 Å². The summed E-state index contributed by atoms with van der Waals surface area (Å²) in [7, 11) is 1.62. The first-order chi connectivity index (χ1) is 16.5. The number of benzene rings is 1. The van der Waals surface area contributed by atoms with Crippen LogP contribution in [0.3, 0.4) is 0 Å². The molecule has 0 aliphatic carbocycles. The number of thiophene rings is 1. The SMILES string of the molecule is CCC[C@]1(C2CCN(C(=O)Cc3ccc(OC)cc3)CC2)NC(=O)N(CCc2cccs2)C1=O. The number of amides is 4. The van der Waals surface area contributed by atoms with E-state index >= 15 is 0 Å². The first-order valence-electron chi connectivity index (χ1n) is 12.0. The lowest BCUT2D eigenvalue weighted by Crippen LogP contribution is -2.56. The summed E-state index contributed by atoms with van der Waals surface area (Å²) in [6, 6.07) is 11.3. The van der Waals surface area contributed by atoms with E-state index in [9.17, 15) is 14.4 Å².